The monoisotopic (exact) mass is 419 g/mol. The summed E-state index contributed by atoms with van der Waals surface area (Å²) in [7, 11) is -4.96. The molecule has 0 saturated heterocycles. The van der Waals surface area contributed by atoms with E-state index in [1.54, 1.807) is 0 Å². The standard InChI is InChI=1S/C8H4F6INO2S/c9-7(10,11)3-1-2-4(15)6(19(16,17)18)5(3)8(12,13)14/h1-2H,(H2,16,17,18). The molecule has 1 rings (SSSR count). The Morgan fingerprint density at radius 3 is 1.79 bits per heavy atom. The van der Waals surface area contributed by atoms with Crippen molar-refractivity contribution in [1.29, 1.82) is 0 Å². The maximum absolute atomic E-state index is 12.7. The number of primary sulfonamides is 1. The highest BCUT2D eigenvalue weighted by molar-refractivity contribution is 14.1. The van der Waals surface area contributed by atoms with Gasteiger partial charge in [0.25, 0.3) is 0 Å². The van der Waals surface area contributed by atoms with Crippen LogP contribution in [0.4, 0.5) is 26.3 Å². The summed E-state index contributed by atoms with van der Waals surface area (Å²) in [6.07, 6.45) is -10.9. The minimum Gasteiger partial charge on any atom is -0.225 e. The molecule has 2 N–H and O–H groups in total. The number of halogens is 7. The van der Waals surface area contributed by atoms with Crippen LogP contribution in [0.1, 0.15) is 11.1 Å². The second kappa shape index (κ2) is 4.77. The van der Waals surface area contributed by atoms with E-state index in [9.17, 15) is 34.8 Å². The molecule has 0 aliphatic heterocycles. The van der Waals surface area contributed by atoms with E-state index >= 15 is 0 Å². The van der Waals surface area contributed by atoms with E-state index in [1.807, 2.05) is 0 Å². The first-order valence-corrected chi connectivity index (χ1v) is 6.88. The molecule has 108 valence electrons. The van der Waals surface area contributed by atoms with Gasteiger partial charge in [0, 0.05) is 3.57 Å². The third-order valence-corrected chi connectivity index (χ3v) is 4.24. The van der Waals surface area contributed by atoms with Crippen LogP contribution >= 0.6 is 22.6 Å². The maximum atomic E-state index is 12.7. The average Bonchev–Trinajstić information content (AvgIpc) is 2.11. The lowest BCUT2D eigenvalue weighted by molar-refractivity contribution is -0.163. The summed E-state index contributed by atoms with van der Waals surface area (Å²) in [5.41, 5.74) is -4.39. The van der Waals surface area contributed by atoms with Crippen LogP contribution in [-0.4, -0.2) is 8.42 Å². The quantitative estimate of drug-likeness (QED) is 0.563. The minimum absolute atomic E-state index is 0.166. The highest BCUT2D eigenvalue weighted by atomic mass is 127. The van der Waals surface area contributed by atoms with Gasteiger partial charge in [-0.25, -0.2) is 13.6 Å². The van der Waals surface area contributed by atoms with Gasteiger partial charge in [0.05, 0.1) is 11.1 Å². The summed E-state index contributed by atoms with van der Waals surface area (Å²) < 4.78 is 97.5. The van der Waals surface area contributed by atoms with Crippen LogP contribution in [0.3, 0.4) is 0 Å². The van der Waals surface area contributed by atoms with Crippen LogP contribution in [0.2, 0.25) is 0 Å². The van der Waals surface area contributed by atoms with Gasteiger partial charge in [-0.1, -0.05) is 0 Å². The van der Waals surface area contributed by atoms with Crippen LogP contribution in [0.5, 0.6) is 0 Å². The highest BCUT2D eigenvalue weighted by Gasteiger charge is 2.47. The van der Waals surface area contributed by atoms with Crippen molar-refractivity contribution < 1.29 is 34.8 Å². The average molecular weight is 419 g/mol. The number of hydrogen-bond donors (Lipinski definition) is 1. The molecular formula is C8H4F6INO2S. The van der Waals surface area contributed by atoms with Crippen molar-refractivity contribution in [3.8, 4) is 0 Å². The number of nitrogens with two attached hydrogens (primary N) is 1. The molecule has 0 bridgehead atoms. The molecule has 0 aromatic heterocycles. The van der Waals surface area contributed by atoms with Crippen LogP contribution in [0.15, 0.2) is 17.0 Å². The topological polar surface area (TPSA) is 60.2 Å². The molecule has 0 saturated carbocycles. The van der Waals surface area contributed by atoms with Gasteiger partial charge in [-0.15, -0.1) is 0 Å². The second-order valence-electron chi connectivity index (χ2n) is 3.34. The second-order valence-corrected chi connectivity index (χ2v) is 6.00. The Balaban J connectivity index is 3.94. The van der Waals surface area contributed by atoms with E-state index in [1.165, 1.54) is 22.6 Å². The van der Waals surface area contributed by atoms with Crippen molar-refractivity contribution in [3.63, 3.8) is 0 Å². The molecule has 3 nitrogen and oxygen atoms in total. The molecule has 19 heavy (non-hydrogen) atoms. The van der Waals surface area contributed by atoms with Gasteiger partial charge in [0.1, 0.15) is 4.90 Å². The predicted octanol–water partition coefficient (Wildman–Crippen LogP) is 2.98. The Bertz CT molecular complexity index is 607. The van der Waals surface area contributed by atoms with Crippen molar-refractivity contribution in [1.82, 2.24) is 0 Å². The first-order valence-electron chi connectivity index (χ1n) is 4.26. The summed E-state index contributed by atoms with van der Waals surface area (Å²) >= 11 is 1.17. The van der Waals surface area contributed by atoms with Gasteiger partial charge in [0.15, 0.2) is 0 Å². The van der Waals surface area contributed by atoms with Gasteiger partial charge in [-0.05, 0) is 34.7 Å². The Hall–Kier alpha value is -0.560. The number of sulfonamides is 1. The largest absolute Gasteiger partial charge is 0.418 e. The molecule has 0 spiro atoms. The lowest BCUT2D eigenvalue weighted by atomic mass is 10.1. The summed E-state index contributed by atoms with van der Waals surface area (Å²) in [4.78, 5) is -1.57. The zero-order valence-corrected chi connectivity index (χ0v) is 11.6. The summed E-state index contributed by atoms with van der Waals surface area (Å²) in [6.45, 7) is 0. The molecule has 0 atom stereocenters. The normalized spacial score (nSPS) is 13.7. The van der Waals surface area contributed by atoms with Crippen molar-refractivity contribution in [3.05, 3.63) is 26.8 Å². The molecule has 0 unspecified atom stereocenters. The lowest BCUT2D eigenvalue weighted by Gasteiger charge is -2.19. The Morgan fingerprint density at radius 1 is 1.00 bits per heavy atom. The summed E-state index contributed by atoms with van der Waals surface area (Å²) in [5, 5.41) is 4.57. The maximum Gasteiger partial charge on any atom is 0.418 e. The van der Waals surface area contributed by atoms with Gasteiger partial charge >= 0.3 is 12.4 Å². The lowest BCUT2D eigenvalue weighted by Crippen LogP contribution is -2.25. The van der Waals surface area contributed by atoms with Crippen LogP contribution in [-0.2, 0) is 22.4 Å². The van der Waals surface area contributed by atoms with Crippen molar-refractivity contribution >= 4 is 32.6 Å². The van der Waals surface area contributed by atoms with Gasteiger partial charge in [-0.3, -0.25) is 0 Å². The fourth-order valence-electron chi connectivity index (χ4n) is 1.35. The number of hydrogen-bond acceptors (Lipinski definition) is 2. The molecule has 0 amide bonds. The molecule has 0 heterocycles. The first-order chi connectivity index (χ1) is 8.26. The van der Waals surface area contributed by atoms with Crippen molar-refractivity contribution in [2.24, 2.45) is 5.14 Å². The molecule has 11 heteroatoms. The highest BCUT2D eigenvalue weighted by Crippen LogP contribution is 2.44. The first kappa shape index (κ1) is 16.5. The Labute approximate surface area is 117 Å². The molecular weight excluding hydrogens is 415 g/mol. The van der Waals surface area contributed by atoms with Gasteiger partial charge in [0.2, 0.25) is 10.0 Å². The zero-order chi connectivity index (χ0) is 15.2. The van der Waals surface area contributed by atoms with Crippen LogP contribution in [0, 0.1) is 3.57 Å². The summed E-state index contributed by atoms with van der Waals surface area (Å²) in [6, 6.07) is 0.775. The van der Waals surface area contributed by atoms with E-state index in [2.05, 4.69) is 5.14 Å². The van der Waals surface area contributed by atoms with Crippen molar-refractivity contribution in [2.75, 3.05) is 0 Å². The third-order valence-electron chi connectivity index (χ3n) is 1.98. The number of alkyl halides is 6. The fraction of sp³-hybridized carbons (Fsp3) is 0.250. The molecule has 0 fully saturated rings. The van der Waals surface area contributed by atoms with E-state index < -0.39 is 42.0 Å². The fourth-order valence-corrected chi connectivity index (χ4v) is 3.57. The SMILES string of the molecule is NS(=O)(=O)c1c(I)ccc(C(F)(F)F)c1C(F)(F)F. The number of benzene rings is 1. The molecule has 0 aliphatic rings. The predicted molar refractivity (Wildman–Crippen MR) is 60.5 cm³/mol. The Kier molecular flexibility index (Phi) is 4.14. The van der Waals surface area contributed by atoms with E-state index in [0.29, 0.717) is 6.07 Å². The Morgan fingerprint density at radius 2 is 1.47 bits per heavy atom. The van der Waals surface area contributed by atoms with Gasteiger partial charge in [-0.2, -0.15) is 26.3 Å². The van der Waals surface area contributed by atoms with Gasteiger partial charge < -0.3 is 0 Å². The van der Waals surface area contributed by atoms with E-state index in [-0.39, 0.29) is 6.07 Å². The van der Waals surface area contributed by atoms with E-state index in [0.717, 1.165) is 0 Å². The van der Waals surface area contributed by atoms with Crippen LogP contribution in [0.25, 0.3) is 0 Å². The van der Waals surface area contributed by atoms with E-state index in [4.69, 9.17) is 0 Å². The molecule has 1 aromatic rings. The third kappa shape index (κ3) is 3.51. The van der Waals surface area contributed by atoms with Crippen LogP contribution < -0.4 is 5.14 Å². The molecule has 0 aliphatic carbocycles. The van der Waals surface area contributed by atoms with Crippen molar-refractivity contribution in [2.45, 2.75) is 17.2 Å². The zero-order valence-electron chi connectivity index (χ0n) is 8.60. The smallest absolute Gasteiger partial charge is 0.225 e. The molecule has 0 radical (unpaired) electrons. The molecule has 1 aromatic carbocycles. The summed E-state index contributed by atoms with van der Waals surface area (Å²) in [5.74, 6) is 0. The minimum atomic E-state index is -5.51. The number of rotatable bonds is 1.